The molecule has 1 aliphatic carbocycles. The Balaban J connectivity index is 1.43. The van der Waals surface area contributed by atoms with E-state index in [1.165, 1.54) is 12.8 Å². The Morgan fingerprint density at radius 3 is 2.63 bits per heavy atom. The van der Waals surface area contributed by atoms with Gasteiger partial charge in [0.05, 0.1) is 12.1 Å². The van der Waals surface area contributed by atoms with E-state index in [0.29, 0.717) is 42.7 Å². The van der Waals surface area contributed by atoms with E-state index in [9.17, 15) is 14.7 Å². The molecule has 2 aromatic carbocycles. The van der Waals surface area contributed by atoms with Crippen LogP contribution in [0.15, 0.2) is 48.5 Å². The Bertz CT molecular complexity index is 979. The zero-order chi connectivity index (χ0) is 25.2. The highest BCUT2D eigenvalue weighted by atomic mass is 35.5. The van der Waals surface area contributed by atoms with Gasteiger partial charge in [0, 0.05) is 30.5 Å². The van der Waals surface area contributed by atoms with Crippen LogP contribution in [0.1, 0.15) is 44.2 Å². The van der Waals surface area contributed by atoms with Gasteiger partial charge in [0.25, 0.3) is 0 Å². The fourth-order valence-corrected chi connectivity index (χ4v) is 4.36. The highest BCUT2D eigenvalue weighted by molar-refractivity contribution is 6.30. The normalized spacial score (nSPS) is 15.8. The molecule has 35 heavy (non-hydrogen) atoms. The number of amides is 1. The van der Waals surface area contributed by atoms with Gasteiger partial charge in [-0.15, -0.1) is 0 Å². The summed E-state index contributed by atoms with van der Waals surface area (Å²) in [7, 11) is 0. The van der Waals surface area contributed by atoms with Gasteiger partial charge in [0.15, 0.2) is 0 Å². The molecule has 7 heteroatoms. The number of halogens is 1. The summed E-state index contributed by atoms with van der Waals surface area (Å²) in [5.74, 6) is 1.43. The molecule has 2 aromatic rings. The number of benzene rings is 2. The molecule has 0 aliphatic heterocycles. The molecule has 3 N–H and O–H groups in total. The molecule has 1 aliphatic rings. The molecule has 3 rings (SSSR count). The summed E-state index contributed by atoms with van der Waals surface area (Å²) in [6.45, 7) is 4.61. The average molecular weight is 501 g/mol. The maximum Gasteiger partial charge on any atom is 0.222 e. The van der Waals surface area contributed by atoms with Crippen molar-refractivity contribution in [1.29, 1.82) is 0 Å². The Morgan fingerprint density at radius 1 is 1.14 bits per heavy atom. The molecule has 1 amide bonds. The monoisotopic (exact) mass is 500 g/mol. The first kappa shape index (κ1) is 27.2. The molecule has 0 unspecified atom stereocenters. The lowest BCUT2D eigenvalue weighted by molar-refractivity contribution is -0.125. The minimum absolute atomic E-state index is 0.00404. The highest BCUT2D eigenvalue weighted by Crippen LogP contribution is 2.35. The number of rotatable bonds is 15. The molecule has 0 bridgehead atoms. The minimum atomic E-state index is -0.699. The maximum atomic E-state index is 12.3. The van der Waals surface area contributed by atoms with Crippen molar-refractivity contribution >= 4 is 23.3 Å². The second-order valence-electron chi connectivity index (χ2n) is 9.59. The van der Waals surface area contributed by atoms with Crippen LogP contribution < -0.4 is 15.4 Å². The number of hydrogen-bond donors (Lipinski definition) is 3. The molecule has 3 atom stereocenters. The van der Waals surface area contributed by atoms with Crippen molar-refractivity contribution in [2.75, 3.05) is 19.7 Å². The van der Waals surface area contributed by atoms with Gasteiger partial charge in [0.1, 0.15) is 18.1 Å². The molecule has 0 spiro atoms. The van der Waals surface area contributed by atoms with Gasteiger partial charge < -0.3 is 20.5 Å². The number of ether oxygens (including phenoxy) is 1. The van der Waals surface area contributed by atoms with Gasteiger partial charge in [-0.1, -0.05) is 61.7 Å². The zero-order valence-electron chi connectivity index (χ0n) is 20.6. The fraction of sp³-hybridized carbons (Fsp3) is 0.500. The van der Waals surface area contributed by atoms with Crippen LogP contribution in [0.5, 0.6) is 5.75 Å². The smallest absolute Gasteiger partial charge is 0.222 e. The summed E-state index contributed by atoms with van der Waals surface area (Å²) in [5, 5.41) is 17.3. The van der Waals surface area contributed by atoms with E-state index in [0.717, 1.165) is 17.5 Å². The standard InChI is InChI=1S/C28H37ClN2O4/c1-19(14-21-10-11-21)28(34)31-18-25(33)17-23-7-3-4-9-27(23)35-13-12-30-26(20(2)32)16-22-6-5-8-24(29)15-22/h3-9,15,19,21,25-26,30,33H,10-14,16-18H2,1-2H3,(H,31,34)/t19-,25-,26+/m0/s1. The lowest BCUT2D eigenvalue weighted by Crippen LogP contribution is -2.39. The molecule has 0 aromatic heterocycles. The number of carbonyl (C=O) groups excluding carboxylic acids is 2. The number of para-hydroxylation sites is 1. The Kier molecular flexibility index (Phi) is 10.6. The molecule has 6 nitrogen and oxygen atoms in total. The molecular formula is C28H37ClN2O4. The predicted octanol–water partition coefficient (Wildman–Crippen LogP) is 3.96. The minimum Gasteiger partial charge on any atom is -0.492 e. The highest BCUT2D eigenvalue weighted by Gasteiger charge is 2.26. The second-order valence-corrected chi connectivity index (χ2v) is 10.0. The number of Topliss-reactive ketones (excluding diaryl/α,β-unsaturated/α-hetero) is 1. The van der Waals surface area contributed by atoms with Crippen molar-refractivity contribution in [3.05, 3.63) is 64.7 Å². The third-order valence-electron chi connectivity index (χ3n) is 6.34. The van der Waals surface area contributed by atoms with E-state index < -0.39 is 6.10 Å². The van der Waals surface area contributed by atoms with Crippen LogP contribution >= 0.6 is 11.6 Å². The lowest BCUT2D eigenvalue weighted by atomic mass is 10.0. The first-order valence-electron chi connectivity index (χ1n) is 12.5. The predicted molar refractivity (Wildman–Crippen MR) is 139 cm³/mol. The third kappa shape index (κ3) is 9.63. The summed E-state index contributed by atoms with van der Waals surface area (Å²) in [6, 6.07) is 14.8. The Hall–Kier alpha value is -2.41. The van der Waals surface area contributed by atoms with Gasteiger partial charge in [0.2, 0.25) is 5.91 Å². The van der Waals surface area contributed by atoms with E-state index in [1.54, 1.807) is 6.92 Å². The quantitative estimate of drug-likeness (QED) is 0.322. The first-order valence-corrected chi connectivity index (χ1v) is 12.8. The van der Waals surface area contributed by atoms with Gasteiger partial charge in [-0.05, 0) is 55.0 Å². The van der Waals surface area contributed by atoms with Crippen molar-refractivity contribution in [2.24, 2.45) is 11.8 Å². The maximum absolute atomic E-state index is 12.3. The first-order chi connectivity index (χ1) is 16.8. The van der Waals surface area contributed by atoms with Crippen molar-refractivity contribution in [1.82, 2.24) is 10.6 Å². The van der Waals surface area contributed by atoms with Crippen LogP contribution in [0.3, 0.4) is 0 Å². The molecular weight excluding hydrogens is 464 g/mol. The molecule has 190 valence electrons. The molecule has 1 saturated carbocycles. The zero-order valence-corrected chi connectivity index (χ0v) is 21.4. The van der Waals surface area contributed by atoms with E-state index in [4.69, 9.17) is 16.3 Å². The number of ketones is 1. The number of carbonyl (C=O) groups is 2. The van der Waals surface area contributed by atoms with Crippen LogP contribution in [0.4, 0.5) is 0 Å². The van der Waals surface area contributed by atoms with Crippen LogP contribution in [0.25, 0.3) is 0 Å². The SMILES string of the molecule is CC(=O)[C@@H](Cc1cccc(Cl)c1)NCCOc1ccccc1C[C@H](O)CNC(=O)[C@@H](C)CC1CC1. The molecule has 0 saturated heterocycles. The number of nitrogens with one attached hydrogen (secondary N) is 2. The summed E-state index contributed by atoms with van der Waals surface area (Å²) >= 11 is 6.06. The van der Waals surface area contributed by atoms with Gasteiger partial charge in [-0.3, -0.25) is 9.59 Å². The van der Waals surface area contributed by atoms with Crippen molar-refractivity contribution < 1.29 is 19.4 Å². The second kappa shape index (κ2) is 13.6. The fourth-order valence-electron chi connectivity index (χ4n) is 4.15. The summed E-state index contributed by atoms with van der Waals surface area (Å²) in [5.41, 5.74) is 1.88. The number of aliphatic hydroxyl groups excluding tert-OH is 1. The number of hydrogen-bond acceptors (Lipinski definition) is 5. The van der Waals surface area contributed by atoms with E-state index >= 15 is 0 Å². The van der Waals surface area contributed by atoms with Crippen LogP contribution in [-0.2, 0) is 22.4 Å². The van der Waals surface area contributed by atoms with Crippen molar-refractivity contribution in [3.8, 4) is 5.75 Å². The molecule has 0 heterocycles. The summed E-state index contributed by atoms with van der Waals surface area (Å²) in [4.78, 5) is 24.3. The van der Waals surface area contributed by atoms with E-state index in [2.05, 4.69) is 10.6 Å². The largest absolute Gasteiger partial charge is 0.492 e. The van der Waals surface area contributed by atoms with Gasteiger partial charge >= 0.3 is 0 Å². The number of aliphatic hydroxyl groups is 1. The molecule has 0 radical (unpaired) electrons. The summed E-state index contributed by atoms with van der Waals surface area (Å²) < 4.78 is 5.96. The van der Waals surface area contributed by atoms with E-state index in [1.807, 2.05) is 55.5 Å². The Labute approximate surface area is 213 Å². The Morgan fingerprint density at radius 2 is 1.91 bits per heavy atom. The third-order valence-corrected chi connectivity index (χ3v) is 6.58. The van der Waals surface area contributed by atoms with Crippen LogP contribution in [0, 0.1) is 11.8 Å². The van der Waals surface area contributed by atoms with Crippen LogP contribution in [0.2, 0.25) is 5.02 Å². The molecule has 1 fully saturated rings. The van der Waals surface area contributed by atoms with E-state index in [-0.39, 0.29) is 30.2 Å². The summed E-state index contributed by atoms with van der Waals surface area (Å²) in [6.07, 6.45) is 3.62. The van der Waals surface area contributed by atoms with Gasteiger partial charge in [-0.25, -0.2) is 0 Å². The topological polar surface area (TPSA) is 87.7 Å². The van der Waals surface area contributed by atoms with Crippen LogP contribution in [-0.4, -0.2) is 48.6 Å². The van der Waals surface area contributed by atoms with Gasteiger partial charge in [-0.2, -0.15) is 0 Å². The van der Waals surface area contributed by atoms with Crippen molar-refractivity contribution in [2.45, 2.75) is 58.1 Å². The average Bonchev–Trinajstić information content (AvgIpc) is 3.64. The lowest BCUT2D eigenvalue weighted by Gasteiger charge is -2.18. The van der Waals surface area contributed by atoms with Crippen molar-refractivity contribution in [3.63, 3.8) is 0 Å².